The average molecular weight is 477 g/mol. The van der Waals surface area contributed by atoms with Gasteiger partial charge >= 0.3 is 12.0 Å². The van der Waals surface area contributed by atoms with Gasteiger partial charge in [-0.05, 0) is 54.3 Å². The van der Waals surface area contributed by atoms with Gasteiger partial charge < -0.3 is 15.4 Å². The first-order valence-electron chi connectivity index (χ1n) is 11.1. The fourth-order valence-corrected chi connectivity index (χ4v) is 4.54. The zero-order chi connectivity index (χ0) is 24.1. The maximum absolute atomic E-state index is 13.0. The van der Waals surface area contributed by atoms with Gasteiger partial charge in [-0.3, -0.25) is 9.59 Å². The number of ketones is 1. The lowest BCUT2D eigenvalue weighted by atomic mass is 9.88. The predicted octanol–water partition coefficient (Wildman–Crippen LogP) is 6.42. The number of carbonyl (C=O) groups excluding carboxylic acids is 3. The molecular weight excluding hydrogens is 452 g/mol. The van der Waals surface area contributed by atoms with Crippen molar-refractivity contribution in [3.63, 3.8) is 0 Å². The van der Waals surface area contributed by atoms with Crippen LogP contribution >= 0.6 is 11.6 Å². The molecule has 2 amide bonds. The van der Waals surface area contributed by atoms with Gasteiger partial charge in [0.1, 0.15) is 0 Å². The number of rotatable bonds is 6. The summed E-state index contributed by atoms with van der Waals surface area (Å²) < 4.78 is 4.87. The number of benzene rings is 3. The minimum atomic E-state index is -0.366. The van der Waals surface area contributed by atoms with E-state index >= 15 is 0 Å². The molecule has 2 atom stereocenters. The third kappa shape index (κ3) is 5.46. The van der Waals surface area contributed by atoms with Gasteiger partial charge in [-0.1, -0.05) is 60.5 Å². The van der Waals surface area contributed by atoms with Crippen LogP contribution in [0.25, 0.3) is 11.1 Å². The quantitative estimate of drug-likeness (QED) is 0.317. The maximum Gasteiger partial charge on any atom is 0.323 e. The number of nitrogens with one attached hydrogen (secondary N) is 2. The molecular formula is C27H25ClN2O4. The summed E-state index contributed by atoms with van der Waals surface area (Å²) >= 11 is 5.94. The number of esters is 1. The highest BCUT2D eigenvalue weighted by Crippen LogP contribution is 2.35. The third-order valence-electron chi connectivity index (χ3n) is 6.08. The van der Waals surface area contributed by atoms with Crippen LogP contribution in [0.4, 0.5) is 16.2 Å². The Kier molecular flexibility index (Phi) is 7.28. The van der Waals surface area contributed by atoms with Crippen LogP contribution in [0.2, 0.25) is 5.02 Å². The summed E-state index contributed by atoms with van der Waals surface area (Å²) in [5.41, 5.74) is 3.74. The first-order chi connectivity index (χ1) is 16.4. The first-order valence-corrected chi connectivity index (χ1v) is 11.5. The lowest BCUT2D eigenvalue weighted by Crippen LogP contribution is -2.26. The van der Waals surface area contributed by atoms with E-state index < -0.39 is 0 Å². The molecule has 7 heteroatoms. The molecule has 0 spiro atoms. The second-order valence-corrected chi connectivity index (χ2v) is 8.71. The van der Waals surface area contributed by atoms with Crippen LogP contribution < -0.4 is 10.6 Å². The number of Topliss-reactive ketones (excluding diaryl/α,β-unsaturated/α-hetero) is 1. The van der Waals surface area contributed by atoms with Gasteiger partial charge in [-0.15, -0.1) is 0 Å². The van der Waals surface area contributed by atoms with Gasteiger partial charge in [0.05, 0.1) is 13.0 Å². The molecule has 4 rings (SSSR count). The van der Waals surface area contributed by atoms with Crippen molar-refractivity contribution in [2.75, 3.05) is 17.7 Å². The zero-order valence-corrected chi connectivity index (χ0v) is 19.5. The molecule has 3 aromatic rings. The van der Waals surface area contributed by atoms with Crippen molar-refractivity contribution in [2.24, 2.45) is 11.8 Å². The maximum atomic E-state index is 13.0. The van der Waals surface area contributed by atoms with Crippen molar-refractivity contribution in [3.05, 3.63) is 83.4 Å². The molecule has 0 heterocycles. The van der Waals surface area contributed by atoms with Gasteiger partial charge in [0, 0.05) is 27.9 Å². The summed E-state index contributed by atoms with van der Waals surface area (Å²) in [7, 11) is 1.36. The standard InChI is InChI=1S/C27H25ClN2O4/c1-34-26(32)24-7-3-6-23(24)25(31)19-10-8-17(9-11-19)18-12-14-21(15-13-18)29-27(33)30-22-5-2-4-20(28)16-22/h2,4-5,8-16,23-24H,3,6-7H2,1H3,(H2,29,30,33)/t23-,24-/m1/s1. The summed E-state index contributed by atoms with van der Waals surface area (Å²) in [4.78, 5) is 37.2. The van der Waals surface area contributed by atoms with Crippen molar-refractivity contribution in [2.45, 2.75) is 19.3 Å². The number of urea groups is 1. The molecule has 1 fully saturated rings. The fraction of sp³-hybridized carbons (Fsp3) is 0.222. The Morgan fingerprint density at radius 3 is 2.09 bits per heavy atom. The third-order valence-corrected chi connectivity index (χ3v) is 6.32. The number of amides is 2. The molecule has 0 saturated heterocycles. The van der Waals surface area contributed by atoms with Gasteiger partial charge in [0.25, 0.3) is 0 Å². The van der Waals surface area contributed by atoms with Crippen LogP contribution in [0.5, 0.6) is 0 Å². The van der Waals surface area contributed by atoms with E-state index in [0.717, 1.165) is 17.5 Å². The SMILES string of the molecule is COC(=O)[C@@H]1CCC[C@H]1C(=O)c1ccc(-c2ccc(NC(=O)Nc3cccc(Cl)c3)cc2)cc1. The van der Waals surface area contributed by atoms with E-state index in [1.54, 1.807) is 36.4 Å². The van der Waals surface area contributed by atoms with Crippen LogP contribution in [0, 0.1) is 11.8 Å². The lowest BCUT2D eigenvalue weighted by molar-refractivity contribution is -0.146. The van der Waals surface area contributed by atoms with E-state index in [1.165, 1.54) is 7.11 Å². The number of hydrogen-bond donors (Lipinski definition) is 2. The second kappa shape index (κ2) is 10.5. The highest BCUT2D eigenvalue weighted by molar-refractivity contribution is 6.30. The van der Waals surface area contributed by atoms with Crippen molar-refractivity contribution in [1.29, 1.82) is 0 Å². The summed E-state index contributed by atoms with van der Waals surface area (Å²) in [6.45, 7) is 0. The normalized spacial score (nSPS) is 17.1. The van der Waals surface area contributed by atoms with Gasteiger partial charge in [0.2, 0.25) is 0 Å². The number of halogens is 1. The lowest BCUT2D eigenvalue weighted by Gasteiger charge is -2.16. The molecule has 6 nitrogen and oxygen atoms in total. The van der Waals surface area contributed by atoms with E-state index in [4.69, 9.17) is 16.3 Å². The number of anilines is 2. The topological polar surface area (TPSA) is 84.5 Å². The first kappa shape index (κ1) is 23.5. The van der Waals surface area contributed by atoms with Crippen molar-refractivity contribution < 1.29 is 19.1 Å². The zero-order valence-electron chi connectivity index (χ0n) is 18.7. The Bertz CT molecular complexity index is 1190. The smallest absolute Gasteiger partial charge is 0.323 e. The van der Waals surface area contributed by atoms with E-state index in [1.807, 2.05) is 36.4 Å². The number of methoxy groups -OCH3 is 1. The molecule has 0 radical (unpaired) electrons. The molecule has 0 aliphatic heterocycles. The number of ether oxygens (including phenoxy) is 1. The molecule has 1 saturated carbocycles. The molecule has 0 unspecified atom stereocenters. The Balaban J connectivity index is 1.39. The number of carbonyl (C=O) groups is 3. The average Bonchev–Trinajstić information content (AvgIpc) is 3.34. The molecule has 3 aromatic carbocycles. The van der Waals surface area contributed by atoms with E-state index in [-0.39, 0.29) is 29.6 Å². The summed E-state index contributed by atoms with van der Waals surface area (Å²) in [5.74, 6) is -0.984. The Hall–Kier alpha value is -3.64. The fourth-order valence-electron chi connectivity index (χ4n) is 4.35. The molecule has 2 N–H and O–H groups in total. The predicted molar refractivity (Wildman–Crippen MR) is 133 cm³/mol. The molecule has 0 bridgehead atoms. The van der Waals surface area contributed by atoms with E-state index in [9.17, 15) is 14.4 Å². The highest BCUT2D eigenvalue weighted by Gasteiger charge is 2.38. The molecule has 0 aromatic heterocycles. The summed E-state index contributed by atoms with van der Waals surface area (Å²) in [6, 6.07) is 21.4. The van der Waals surface area contributed by atoms with E-state index in [0.29, 0.717) is 34.8 Å². The van der Waals surface area contributed by atoms with Crippen LogP contribution in [-0.4, -0.2) is 24.9 Å². The number of hydrogen-bond acceptors (Lipinski definition) is 4. The van der Waals surface area contributed by atoms with Crippen molar-refractivity contribution in [3.8, 4) is 11.1 Å². The van der Waals surface area contributed by atoms with Gasteiger partial charge in [-0.2, -0.15) is 0 Å². The Morgan fingerprint density at radius 2 is 1.44 bits per heavy atom. The van der Waals surface area contributed by atoms with Crippen LogP contribution in [0.3, 0.4) is 0 Å². The molecule has 1 aliphatic rings. The van der Waals surface area contributed by atoms with Crippen molar-refractivity contribution in [1.82, 2.24) is 0 Å². The van der Waals surface area contributed by atoms with Gasteiger partial charge in [-0.25, -0.2) is 4.79 Å². The van der Waals surface area contributed by atoms with Crippen LogP contribution in [-0.2, 0) is 9.53 Å². The molecule has 174 valence electrons. The van der Waals surface area contributed by atoms with Crippen LogP contribution in [0.1, 0.15) is 29.6 Å². The monoisotopic (exact) mass is 476 g/mol. The van der Waals surface area contributed by atoms with E-state index in [2.05, 4.69) is 10.6 Å². The molecule has 1 aliphatic carbocycles. The largest absolute Gasteiger partial charge is 0.469 e. The van der Waals surface area contributed by atoms with Crippen molar-refractivity contribution >= 4 is 40.8 Å². The van der Waals surface area contributed by atoms with Crippen LogP contribution in [0.15, 0.2) is 72.8 Å². The summed E-state index contributed by atoms with van der Waals surface area (Å²) in [6.07, 6.45) is 2.25. The minimum absolute atomic E-state index is 0.00952. The van der Waals surface area contributed by atoms with Gasteiger partial charge in [0.15, 0.2) is 5.78 Å². The summed E-state index contributed by atoms with van der Waals surface area (Å²) in [5, 5.41) is 6.06. The minimum Gasteiger partial charge on any atom is -0.469 e. The highest BCUT2D eigenvalue weighted by atomic mass is 35.5. The second-order valence-electron chi connectivity index (χ2n) is 8.28. The Labute approximate surface area is 203 Å². The Morgan fingerprint density at radius 1 is 0.824 bits per heavy atom. The molecule has 34 heavy (non-hydrogen) atoms.